The van der Waals surface area contributed by atoms with Gasteiger partial charge in [0.05, 0.1) is 23.5 Å². The Hall–Kier alpha value is -2.44. The van der Waals surface area contributed by atoms with Crippen LogP contribution in [0.15, 0.2) is 18.5 Å². The lowest BCUT2D eigenvalue weighted by Crippen LogP contribution is -2.23. The van der Waals surface area contributed by atoms with Crippen molar-refractivity contribution in [1.29, 1.82) is 0 Å². The van der Waals surface area contributed by atoms with Gasteiger partial charge in [0.2, 0.25) is 0 Å². The minimum atomic E-state index is -0.438. The van der Waals surface area contributed by atoms with Crippen LogP contribution in [-0.4, -0.2) is 39.0 Å². The summed E-state index contributed by atoms with van der Waals surface area (Å²) in [6, 6.07) is 2.43. The summed E-state index contributed by atoms with van der Waals surface area (Å²) in [6.45, 7) is 1.75. The lowest BCUT2D eigenvalue weighted by Gasteiger charge is -2.20. The number of amides is 1. The van der Waals surface area contributed by atoms with Gasteiger partial charge in [0.15, 0.2) is 5.82 Å². The van der Waals surface area contributed by atoms with Crippen LogP contribution in [0, 0.1) is 0 Å². The highest BCUT2D eigenvalue weighted by atomic mass is 16.1. The van der Waals surface area contributed by atoms with Crippen LogP contribution < -0.4 is 10.6 Å². The zero-order valence-electron chi connectivity index (χ0n) is 13.0. The van der Waals surface area contributed by atoms with Crippen LogP contribution in [-0.2, 0) is 12.8 Å². The van der Waals surface area contributed by atoms with E-state index >= 15 is 0 Å². The summed E-state index contributed by atoms with van der Waals surface area (Å²) in [7, 11) is 0. The quantitative estimate of drug-likeness (QED) is 0.916. The first kappa shape index (κ1) is 14.2. The third kappa shape index (κ3) is 2.67. The second-order valence-electron chi connectivity index (χ2n) is 6.34. The van der Waals surface area contributed by atoms with Crippen molar-refractivity contribution in [3.05, 3.63) is 35.3 Å². The first-order chi connectivity index (χ1) is 11.2. The molecule has 0 saturated carbocycles. The molecule has 0 spiro atoms. The first-order valence-electron chi connectivity index (χ1n) is 8.15. The number of aromatic nitrogens is 4. The molecule has 23 heavy (non-hydrogen) atoms. The number of carbonyl (C=O) groups is 1. The Labute approximate surface area is 134 Å². The molecule has 1 aliphatic carbocycles. The molecule has 1 saturated heterocycles. The molecule has 7 heteroatoms. The van der Waals surface area contributed by atoms with Crippen molar-refractivity contribution in [3.8, 4) is 0 Å². The van der Waals surface area contributed by atoms with Crippen LogP contribution in [0.2, 0.25) is 0 Å². The highest BCUT2D eigenvalue weighted by Gasteiger charge is 2.27. The summed E-state index contributed by atoms with van der Waals surface area (Å²) in [5.41, 5.74) is 8.25. The smallest absolute Gasteiger partial charge is 0.251 e. The number of fused-ring (bicyclic) bond motifs is 1. The number of nitrogens with two attached hydrogens (primary N) is 1. The summed E-state index contributed by atoms with van der Waals surface area (Å²) in [5, 5.41) is 13.1. The molecule has 3 heterocycles. The average Bonchev–Trinajstić information content (AvgIpc) is 3.23. The van der Waals surface area contributed by atoms with Crippen molar-refractivity contribution in [2.24, 2.45) is 5.73 Å². The number of nitrogens with zero attached hydrogens (tertiary/aromatic N) is 5. The lowest BCUT2D eigenvalue weighted by molar-refractivity contribution is 0.1000. The van der Waals surface area contributed by atoms with Gasteiger partial charge in [-0.2, -0.15) is 10.2 Å². The SMILES string of the molecule is NC(=O)c1cnn(C2CCN(c3cc4c(nn3)CCCC4)C2)c1. The van der Waals surface area contributed by atoms with Crippen LogP contribution in [0.5, 0.6) is 0 Å². The standard InChI is InChI=1S/C16H20N6O/c17-16(23)12-8-18-22(9-12)13-5-6-21(10-13)15-7-11-3-1-2-4-14(11)19-20-15/h7-9,13H,1-6,10H2,(H2,17,23). The summed E-state index contributed by atoms with van der Waals surface area (Å²) in [4.78, 5) is 13.4. The fourth-order valence-electron chi connectivity index (χ4n) is 3.46. The van der Waals surface area contributed by atoms with Gasteiger partial charge in [-0.25, -0.2) is 0 Å². The maximum atomic E-state index is 11.2. The van der Waals surface area contributed by atoms with Crippen LogP contribution in [0.25, 0.3) is 0 Å². The van der Waals surface area contributed by atoms with E-state index in [0.29, 0.717) is 5.56 Å². The van der Waals surface area contributed by atoms with Gasteiger partial charge < -0.3 is 10.6 Å². The van der Waals surface area contributed by atoms with Crippen molar-refractivity contribution in [3.63, 3.8) is 0 Å². The number of hydrogen-bond donors (Lipinski definition) is 1. The Balaban J connectivity index is 1.50. The number of carbonyl (C=O) groups excluding carboxylic acids is 1. The van der Waals surface area contributed by atoms with Crippen LogP contribution in [0.3, 0.4) is 0 Å². The van der Waals surface area contributed by atoms with Gasteiger partial charge >= 0.3 is 0 Å². The lowest BCUT2D eigenvalue weighted by atomic mass is 9.97. The Kier molecular flexibility index (Phi) is 3.48. The molecular weight excluding hydrogens is 292 g/mol. The molecule has 1 amide bonds. The van der Waals surface area contributed by atoms with Crippen molar-refractivity contribution >= 4 is 11.7 Å². The maximum absolute atomic E-state index is 11.2. The molecule has 2 aromatic heterocycles. The van der Waals surface area contributed by atoms with Gasteiger partial charge in [-0.05, 0) is 43.7 Å². The molecule has 2 aromatic rings. The van der Waals surface area contributed by atoms with Crippen molar-refractivity contribution in [2.45, 2.75) is 38.1 Å². The Morgan fingerprint density at radius 2 is 2.13 bits per heavy atom. The van der Waals surface area contributed by atoms with E-state index in [4.69, 9.17) is 5.73 Å². The molecule has 7 nitrogen and oxygen atoms in total. The average molecular weight is 312 g/mol. The van der Waals surface area contributed by atoms with E-state index in [-0.39, 0.29) is 6.04 Å². The van der Waals surface area contributed by atoms with Crippen molar-refractivity contribution in [1.82, 2.24) is 20.0 Å². The number of primary amides is 1. The molecular formula is C16H20N6O. The first-order valence-corrected chi connectivity index (χ1v) is 8.15. The highest BCUT2D eigenvalue weighted by molar-refractivity contribution is 5.92. The normalized spacial score (nSPS) is 20.5. The van der Waals surface area contributed by atoms with E-state index in [1.165, 1.54) is 24.6 Å². The minimum Gasteiger partial charge on any atom is -0.366 e. The molecule has 0 aromatic carbocycles. The number of aryl methyl sites for hydroxylation is 2. The second kappa shape index (κ2) is 5.64. The van der Waals surface area contributed by atoms with Crippen LogP contribution >= 0.6 is 0 Å². The van der Waals surface area contributed by atoms with Gasteiger partial charge in [-0.15, -0.1) is 5.10 Å². The van der Waals surface area contributed by atoms with E-state index in [1.54, 1.807) is 6.20 Å². The fourth-order valence-corrected chi connectivity index (χ4v) is 3.46. The zero-order valence-corrected chi connectivity index (χ0v) is 13.0. The summed E-state index contributed by atoms with van der Waals surface area (Å²) >= 11 is 0. The molecule has 0 radical (unpaired) electrons. The van der Waals surface area contributed by atoms with E-state index in [1.807, 2.05) is 4.68 Å². The van der Waals surface area contributed by atoms with Gasteiger partial charge in [-0.1, -0.05) is 0 Å². The summed E-state index contributed by atoms with van der Waals surface area (Å²) in [5.74, 6) is 0.516. The Bertz CT molecular complexity index is 740. The molecule has 120 valence electrons. The number of rotatable bonds is 3. The summed E-state index contributed by atoms with van der Waals surface area (Å²) in [6.07, 6.45) is 8.85. The van der Waals surface area contributed by atoms with Gasteiger partial charge in [0.1, 0.15) is 0 Å². The van der Waals surface area contributed by atoms with Gasteiger partial charge in [0.25, 0.3) is 5.91 Å². The van der Waals surface area contributed by atoms with Gasteiger partial charge in [0, 0.05) is 19.3 Å². The Morgan fingerprint density at radius 3 is 2.96 bits per heavy atom. The van der Waals surface area contributed by atoms with Crippen LogP contribution in [0.1, 0.15) is 46.9 Å². The van der Waals surface area contributed by atoms with Crippen LogP contribution in [0.4, 0.5) is 5.82 Å². The molecule has 0 bridgehead atoms. The van der Waals surface area contributed by atoms with E-state index < -0.39 is 5.91 Å². The summed E-state index contributed by atoms with van der Waals surface area (Å²) < 4.78 is 1.84. The van der Waals surface area contributed by atoms with Gasteiger partial charge in [-0.3, -0.25) is 9.48 Å². The fraction of sp³-hybridized carbons (Fsp3) is 0.500. The minimum absolute atomic E-state index is 0.237. The molecule has 1 atom stereocenters. The Morgan fingerprint density at radius 1 is 1.26 bits per heavy atom. The molecule has 2 aliphatic rings. The van der Waals surface area contributed by atoms with E-state index in [0.717, 1.165) is 43.9 Å². The van der Waals surface area contributed by atoms with Crippen molar-refractivity contribution in [2.75, 3.05) is 18.0 Å². The molecule has 2 N–H and O–H groups in total. The van der Waals surface area contributed by atoms with E-state index in [9.17, 15) is 4.79 Å². The van der Waals surface area contributed by atoms with E-state index in [2.05, 4.69) is 26.3 Å². The highest BCUT2D eigenvalue weighted by Crippen LogP contribution is 2.28. The molecule has 1 unspecified atom stereocenters. The topological polar surface area (TPSA) is 89.9 Å². The molecule has 1 aliphatic heterocycles. The second-order valence-corrected chi connectivity index (χ2v) is 6.34. The number of anilines is 1. The number of hydrogen-bond acceptors (Lipinski definition) is 5. The third-order valence-electron chi connectivity index (χ3n) is 4.80. The van der Waals surface area contributed by atoms with Crippen molar-refractivity contribution < 1.29 is 4.79 Å². The molecule has 1 fully saturated rings. The predicted molar refractivity (Wildman–Crippen MR) is 85.3 cm³/mol. The zero-order chi connectivity index (χ0) is 15.8. The maximum Gasteiger partial charge on any atom is 0.251 e. The molecule has 4 rings (SSSR count). The largest absolute Gasteiger partial charge is 0.366 e. The predicted octanol–water partition coefficient (Wildman–Crippen LogP) is 1.10. The third-order valence-corrected chi connectivity index (χ3v) is 4.80. The monoisotopic (exact) mass is 312 g/mol.